The molecule has 1 N–H and O–H groups in total. The van der Waals surface area contributed by atoms with Gasteiger partial charge in [0.25, 0.3) is 6.29 Å². The molecule has 9 nitrogen and oxygen atoms in total. The maximum atomic E-state index is 13.0. The van der Waals surface area contributed by atoms with Gasteiger partial charge >= 0.3 is 17.9 Å². The van der Waals surface area contributed by atoms with E-state index in [9.17, 15) is 19.5 Å². The number of esters is 2. The van der Waals surface area contributed by atoms with Gasteiger partial charge in [-0.2, -0.15) is 0 Å². The van der Waals surface area contributed by atoms with Crippen molar-refractivity contribution in [1.82, 2.24) is 0 Å². The third-order valence-electron chi connectivity index (χ3n) is 19.2. The zero-order valence-corrected chi connectivity index (χ0v) is 66.2. The highest BCUT2D eigenvalue weighted by Crippen LogP contribution is 2.20. The van der Waals surface area contributed by atoms with Crippen LogP contribution in [0.25, 0.3) is 0 Å². The number of quaternary nitrogens is 1. The molecule has 0 aliphatic heterocycles. The van der Waals surface area contributed by atoms with Crippen LogP contribution in [0.2, 0.25) is 0 Å². The fourth-order valence-corrected chi connectivity index (χ4v) is 12.7. The molecule has 0 heterocycles. The molecule has 9 heteroatoms. The Balaban J connectivity index is 3.96. The van der Waals surface area contributed by atoms with Gasteiger partial charge in [-0.05, 0) is 70.6 Å². The Morgan fingerprint density at radius 3 is 0.859 bits per heavy atom. The summed E-state index contributed by atoms with van der Waals surface area (Å²) in [6.07, 6.45) is 108. The second-order valence-electron chi connectivity index (χ2n) is 30.1. The van der Waals surface area contributed by atoms with Gasteiger partial charge in [0.15, 0.2) is 6.10 Å². The number of carbonyl (C=O) groups excluding carboxylic acids is 2. The summed E-state index contributed by atoms with van der Waals surface area (Å²) in [7, 11) is 6.00. The highest BCUT2D eigenvalue weighted by Gasteiger charge is 2.25. The molecule has 0 bridgehead atoms. The minimum atomic E-state index is -1.51. The molecule has 0 aromatic carbocycles. The van der Waals surface area contributed by atoms with Gasteiger partial charge < -0.3 is 28.5 Å². The molecule has 0 saturated heterocycles. The van der Waals surface area contributed by atoms with Crippen molar-refractivity contribution in [3.8, 4) is 0 Å². The summed E-state index contributed by atoms with van der Waals surface area (Å²) >= 11 is 0. The summed E-state index contributed by atoms with van der Waals surface area (Å²) in [4.78, 5) is 37.8. The first-order valence-electron chi connectivity index (χ1n) is 42.8. The molecule has 0 radical (unpaired) electrons. The van der Waals surface area contributed by atoms with E-state index in [2.05, 4.69) is 98.9 Å². The Morgan fingerprint density at radius 1 is 0.313 bits per heavy atom. The number of carboxylic acid groups (broad SMARTS) is 1. The average molecular weight is 1390 g/mol. The number of aliphatic carboxylic acids is 1. The van der Waals surface area contributed by atoms with Gasteiger partial charge in [0.1, 0.15) is 13.2 Å². The van der Waals surface area contributed by atoms with E-state index in [4.69, 9.17) is 18.9 Å². The largest absolute Gasteiger partial charge is 0.477 e. The first kappa shape index (κ1) is 95.5. The van der Waals surface area contributed by atoms with E-state index in [1.54, 1.807) is 0 Å². The predicted molar refractivity (Wildman–Crippen MR) is 429 cm³/mol. The van der Waals surface area contributed by atoms with Crippen LogP contribution in [-0.4, -0.2) is 87.4 Å². The van der Waals surface area contributed by atoms with Gasteiger partial charge in [0.05, 0.1) is 34.4 Å². The number of hydrogen-bond donors (Lipinski definition) is 1. The van der Waals surface area contributed by atoms with Crippen molar-refractivity contribution in [3.63, 3.8) is 0 Å². The third-order valence-corrected chi connectivity index (χ3v) is 19.2. The van der Waals surface area contributed by atoms with E-state index in [0.717, 1.165) is 83.5 Å². The van der Waals surface area contributed by atoms with Crippen LogP contribution in [0.5, 0.6) is 0 Å². The highest BCUT2D eigenvalue weighted by molar-refractivity contribution is 5.71. The highest BCUT2D eigenvalue weighted by atomic mass is 16.7. The SMILES string of the molecule is CC/C=C\C/C=C\C/C=C\C/C=C\C/C=C\C/C=C\C/C=C\CCCCCCCCCCCCCCCCCCCCCC(=O)OC(COC(=O)CCCCCCCCCCCCCCCCCCCCCCCCCCCCCCCCCCC)COC(OCC[N+](C)(C)C)C(=O)O. The molecule has 2 unspecified atom stereocenters. The molecule has 0 aromatic rings. The minimum Gasteiger partial charge on any atom is -0.477 e. The maximum absolute atomic E-state index is 13.0. The van der Waals surface area contributed by atoms with Gasteiger partial charge in [-0.15, -0.1) is 0 Å². The van der Waals surface area contributed by atoms with E-state index in [1.165, 1.54) is 302 Å². The molecule has 0 aromatic heterocycles. The van der Waals surface area contributed by atoms with Gasteiger partial charge in [0.2, 0.25) is 0 Å². The number of nitrogens with zero attached hydrogens (tertiary/aromatic N) is 1. The Kier molecular flexibility index (Phi) is 77.3. The zero-order chi connectivity index (χ0) is 71.8. The molecular weight excluding hydrogens is 1220 g/mol. The van der Waals surface area contributed by atoms with Crippen molar-refractivity contribution < 1.29 is 42.9 Å². The number of ether oxygens (including phenoxy) is 4. The van der Waals surface area contributed by atoms with Crippen LogP contribution in [0.15, 0.2) is 85.1 Å². The lowest BCUT2D eigenvalue weighted by molar-refractivity contribution is -0.870. The van der Waals surface area contributed by atoms with Crippen molar-refractivity contribution in [3.05, 3.63) is 85.1 Å². The maximum Gasteiger partial charge on any atom is 0.361 e. The van der Waals surface area contributed by atoms with Crippen molar-refractivity contribution in [2.24, 2.45) is 0 Å². The molecule has 0 aliphatic rings. The van der Waals surface area contributed by atoms with Crippen molar-refractivity contribution >= 4 is 17.9 Å². The number of carbonyl (C=O) groups is 3. The number of hydrogen-bond acceptors (Lipinski definition) is 7. The Labute approximate surface area is 614 Å². The summed E-state index contributed by atoms with van der Waals surface area (Å²) in [5.74, 6) is -1.98. The molecule has 0 rings (SSSR count). The van der Waals surface area contributed by atoms with Gasteiger partial charge in [-0.1, -0.05) is 414 Å². The lowest BCUT2D eigenvalue weighted by Crippen LogP contribution is -2.40. The summed E-state index contributed by atoms with van der Waals surface area (Å²) in [5, 5.41) is 9.79. The second kappa shape index (κ2) is 80.2. The lowest BCUT2D eigenvalue weighted by Gasteiger charge is -2.25. The molecule has 0 aliphatic carbocycles. The number of unbranched alkanes of at least 4 members (excludes halogenated alkanes) is 51. The smallest absolute Gasteiger partial charge is 0.361 e. The zero-order valence-electron chi connectivity index (χ0n) is 66.2. The molecule has 0 spiro atoms. The van der Waals surface area contributed by atoms with Gasteiger partial charge in [-0.3, -0.25) is 9.59 Å². The molecule has 576 valence electrons. The van der Waals surface area contributed by atoms with Crippen LogP contribution in [0.4, 0.5) is 0 Å². The van der Waals surface area contributed by atoms with Crippen LogP contribution >= 0.6 is 0 Å². The van der Waals surface area contributed by atoms with E-state index >= 15 is 0 Å². The summed E-state index contributed by atoms with van der Waals surface area (Å²) in [6.45, 7) is 4.83. The number of likely N-dealkylation sites (N-methyl/N-ethyl adjacent to an activating group) is 1. The Hall–Kier alpha value is -3.53. The van der Waals surface area contributed by atoms with E-state index in [-0.39, 0.29) is 38.2 Å². The molecule has 0 saturated carbocycles. The second-order valence-corrected chi connectivity index (χ2v) is 30.1. The van der Waals surface area contributed by atoms with Gasteiger partial charge in [0, 0.05) is 12.8 Å². The molecule has 99 heavy (non-hydrogen) atoms. The van der Waals surface area contributed by atoms with Crippen molar-refractivity contribution in [2.75, 3.05) is 47.5 Å². The number of carboxylic acids is 1. The van der Waals surface area contributed by atoms with Crippen LogP contribution < -0.4 is 0 Å². The molecule has 0 fully saturated rings. The first-order chi connectivity index (χ1) is 48.6. The number of allylic oxidation sites excluding steroid dienone is 14. The predicted octanol–water partition coefficient (Wildman–Crippen LogP) is 27.7. The Morgan fingerprint density at radius 2 is 0.576 bits per heavy atom. The van der Waals surface area contributed by atoms with Crippen molar-refractivity contribution in [1.29, 1.82) is 0 Å². The monoisotopic (exact) mass is 1390 g/mol. The van der Waals surface area contributed by atoms with Crippen LogP contribution in [0.1, 0.15) is 412 Å². The fraction of sp³-hybridized carbons (Fsp3) is 0.811. The third kappa shape index (κ3) is 81.6. The van der Waals surface area contributed by atoms with E-state index < -0.39 is 18.4 Å². The quantitative estimate of drug-likeness (QED) is 0.0211. The lowest BCUT2D eigenvalue weighted by atomic mass is 10.0. The van der Waals surface area contributed by atoms with Crippen LogP contribution in [-0.2, 0) is 33.3 Å². The summed E-state index contributed by atoms with van der Waals surface area (Å²) in [5.41, 5.74) is 0. The van der Waals surface area contributed by atoms with E-state index in [1.807, 2.05) is 21.1 Å². The standard InChI is InChI=1S/C90H163NO8/c1-6-8-10-12-14-16-18-20-22-24-26-28-30-32-34-36-38-40-41-42-43-44-45-46-47-49-51-53-55-57-59-61-63-65-67-69-71-73-75-77-79-81-88(93)99-86(85-98-90(89(94)95)96-83-82-91(3,4)5)84-97-87(92)80-78-76-74-72-70-68-66-64-62-60-58-56-54-52-50-48-39-37-35-33-31-29-27-25-23-21-19-17-15-13-11-9-7-2/h8,10,14,16,20,22,26,28,32,34,38,40,42-43,86,90H,6-7,9,11-13,15,17-19,21,23-25,27,29-31,33,35-37,39,41,44-85H2,1-5H3/p+1/b10-8-,16-14-,22-20-,28-26-,34-32-,40-38-,43-42-. The normalized spacial score (nSPS) is 13.0. The topological polar surface area (TPSA) is 108 Å². The van der Waals surface area contributed by atoms with E-state index in [0.29, 0.717) is 17.4 Å². The summed E-state index contributed by atoms with van der Waals surface area (Å²) < 4.78 is 23.1. The Bertz CT molecular complexity index is 1910. The van der Waals surface area contributed by atoms with Crippen LogP contribution in [0, 0.1) is 0 Å². The average Bonchev–Trinajstić information content (AvgIpc) is 2.62. The molecule has 2 atom stereocenters. The molecular formula is C90H164NO8+. The number of rotatable bonds is 80. The fourth-order valence-electron chi connectivity index (χ4n) is 12.7. The van der Waals surface area contributed by atoms with Crippen LogP contribution in [0.3, 0.4) is 0 Å². The van der Waals surface area contributed by atoms with Gasteiger partial charge in [-0.25, -0.2) is 4.79 Å². The van der Waals surface area contributed by atoms with Crippen molar-refractivity contribution in [2.45, 2.75) is 424 Å². The first-order valence-corrected chi connectivity index (χ1v) is 42.8. The molecule has 0 amide bonds. The summed E-state index contributed by atoms with van der Waals surface area (Å²) in [6, 6.07) is 0. The minimum absolute atomic E-state index is 0.177.